The molecule has 1 fully saturated rings. The first-order valence-corrected chi connectivity index (χ1v) is 9.07. The van der Waals surface area contributed by atoms with Gasteiger partial charge in [-0.3, -0.25) is 4.79 Å². The topological polar surface area (TPSA) is 75.3 Å². The van der Waals surface area contributed by atoms with E-state index in [0.717, 1.165) is 12.8 Å². The van der Waals surface area contributed by atoms with Crippen LogP contribution in [0.15, 0.2) is 41.3 Å². The van der Waals surface area contributed by atoms with Gasteiger partial charge in [-0.25, -0.2) is 13.1 Å². The summed E-state index contributed by atoms with van der Waals surface area (Å²) in [5.41, 5.74) is 0.632. The second-order valence-electron chi connectivity index (χ2n) is 5.90. The highest BCUT2D eigenvalue weighted by atomic mass is 32.2. The number of anilines is 1. The molecule has 2 N–H and O–H groups in total. The van der Waals surface area contributed by atoms with Crippen molar-refractivity contribution in [3.05, 3.63) is 36.4 Å². The SMILES string of the molecule is CCNS(=O)(=O)c1ccc(NC(=O)[C@@H]2C[C@@H]3C=C[C@@H]2C3)cc1. The molecule has 0 saturated heterocycles. The van der Waals surface area contributed by atoms with Crippen molar-refractivity contribution in [2.24, 2.45) is 17.8 Å². The molecule has 1 amide bonds. The molecule has 2 bridgehead atoms. The van der Waals surface area contributed by atoms with Crippen LogP contribution in [0.4, 0.5) is 5.69 Å². The van der Waals surface area contributed by atoms with Gasteiger partial charge in [0.25, 0.3) is 0 Å². The number of amides is 1. The third-order valence-electron chi connectivity index (χ3n) is 4.38. The third-order valence-corrected chi connectivity index (χ3v) is 5.94. The summed E-state index contributed by atoms with van der Waals surface area (Å²) in [5, 5.41) is 2.89. The Morgan fingerprint density at radius 3 is 2.45 bits per heavy atom. The Morgan fingerprint density at radius 2 is 1.91 bits per heavy atom. The Kier molecular flexibility index (Phi) is 4.06. The molecule has 22 heavy (non-hydrogen) atoms. The Hall–Kier alpha value is -1.66. The Balaban J connectivity index is 1.66. The smallest absolute Gasteiger partial charge is 0.240 e. The maximum Gasteiger partial charge on any atom is 0.240 e. The molecule has 0 aromatic heterocycles. The molecular weight excluding hydrogens is 300 g/mol. The fourth-order valence-corrected chi connectivity index (χ4v) is 4.35. The maximum absolute atomic E-state index is 12.3. The van der Waals surface area contributed by atoms with Gasteiger partial charge in [0, 0.05) is 18.2 Å². The molecule has 3 rings (SSSR count). The summed E-state index contributed by atoms with van der Waals surface area (Å²) < 4.78 is 26.1. The number of fused-ring (bicyclic) bond motifs is 2. The predicted octanol–water partition coefficient (Wildman–Crippen LogP) is 2.14. The lowest BCUT2D eigenvalue weighted by Gasteiger charge is -2.17. The van der Waals surface area contributed by atoms with Crippen LogP contribution in [0.2, 0.25) is 0 Å². The summed E-state index contributed by atoms with van der Waals surface area (Å²) in [6, 6.07) is 6.28. The lowest BCUT2D eigenvalue weighted by atomic mass is 9.93. The normalized spacial score (nSPS) is 26.3. The number of hydrogen-bond donors (Lipinski definition) is 2. The molecule has 0 spiro atoms. The average molecular weight is 320 g/mol. The van der Waals surface area contributed by atoms with Crippen molar-refractivity contribution in [2.45, 2.75) is 24.7 Å². The van der Waals surface area contributed by atoms with Crippen molar-refractivity contribution in [3.8, 4) is 0 Å². The minimum absolute atomic E-state index is 0.0270. The van der Waals surface area contributed by atoms with Crippen LogP contribution >= 0.6 is 0 Å². The fourth-order valence-electron chi connectivity index (χ4n) is 3.31. The largest absolute Gasteiger partial charge is 0.326 e. The number of hydrogen-bond acceptors (Lipinski definition) is 3. The molecule has 118 valence electrons. The molecule has 1 aromatic rings. The number of allylic oxidation sites excluding steroid dienone is 2. The van der Waals surface area contributed by atoms with Crippen molar-refractivity contribution < 1.29 is 13.2 Å². The zero-order valence-electron chi connectivity index (χ0n) is 12.5. The van der Waals surface area contributed by atoms with E-state index < -0.39 is 10.0 Å². The molecular formula is C16H20N2O3S. The van der Waals surface area contributed by atoms with Crippen molar-refractivity contribution >= 4 is 21.6 Å². The summed E-state index contributed by atoms with van der Waals surface area (Å²) in [6.45, 7) is 2.08. The van der Waals surface area contributed by atoms with Crippen LogP contribution in [0.25, 0.3) is 0 Å². The van der Waals surface area contributed by atoms with Gasteiger partial charge in [0.05, 0.1) is 4.90 Å². The minimum atomic E-state index is -3.45. The van der Waals surface area contributed by atoms with Gasteiger partial charge in [-0.05, 0) is 48.9 Å². The Bertz CT molecular complexity index is 695. The number of carbonyl (C=O) groups excluding carboxylic acids is 1. The van der Waals surface area contributed by atoms with E-state index in [2.05, 4.69) is 22.2 Å². The van der Waals surface area contributed by atoms with Gasteiger partial charge in [-0.2, -0.15) is 0 Å². The monoisotopic (exact) mass is 320 g/mol. The zero-order chi connectivity index (χ0) is 15.7. The summed E-state index contributed by atoms with van der Waals surface area (Å²) in [7, 11) is -3.45. The maximum atomic E-state index is 12.3. The van der Waals surface area contributed by atoms with Gasteiger partial charge in [-0.15, -0.1) is 0 Å². The number of rotatable bonds is 5. The molecule has 2 aliphatic rings. The highest BCUT2D eigenvalue weighted by Gasteiger charge is 2.39. The van der Waals surface area contributed by atoms with Crippen LogP contribution < -0.4 is 10.0 Å². The fraction of sp³-hybridized carbons (Fsp3) is 0.438. The quantitative estimate of drug-likeness (QED) is 0.816. The summed E-state index contributed by atoms with van der Waals surface area (Å²) in [4.78, 5) is 12.5. The van der Waals surface area contributed by atoms with Crippen molar-refractivity contribution in [1.82, 2.24) is 4.72 Å². The number of sulfonamides is 1. The molecule has 5 nitrogen and oxygen atoms in total. The third kappa shape index (κ3) is 2.94. The van der Waals surface area contributed by atoms with Crippen LogP contribution in [-0.2, 0) is 14.8 Å². The van der Waals surface area contributed by atoms with Gasteiger partial charge < -0.3 is 5.32 Å². The highest BCUT2D eigenvalue weighted by Crippen LogP contribution is 2.43. The van der Waals surface area contributed by atoms with Gasteiger partial charge in [0.15, 0.2) is 0 Å². The van der Waals surface area contributed by atoms with Gasteiger partial charge in [0.2, 0.25) is 15.9 Å². The molecule has 0 heterocycles. The Morgan fingerprint density at radius 1 is 1.18 bits per heavy atom. The summed E-state index contributed by atoms with van der Waals surface area (Å²) in [6.07, 6.45) is 6.34. The van der Waals surface area contributed by atoms with E-state index in [9.17, 15) is 13.2 Å². The second-order valence-corrected chi connectivity index (χ2v) is 7.67. The number of benzene rings is 1. The first-order valence-electron chi connectivity index (χ1n) is 7.58. The van der Waals surface area contributed by atoms with Gasteiger partial charge >= 0.3 is 0 Å². The van der Waals surface area contributed by atoms with Crippen LogP contribution in [0.5, 0.6) is 0 Å². The van der Waals surface area contributed by atoms with E-state index in [1.807, 2.05) is 0 Å². The first kappa shape index (κ1) is 15.2. The summed E-state index contributed by atoms with van der Waals surface area (Å²) >= 11 is 0. The van der Waals surface area contributed by atoms with Crippen molar-refractivity contribution in [2.75, 3.05) is 11.9 Å². The molecule has 3 atom stereocenters. The zero-order valence-corrected chi connectivity index (χ0v) is 13.3. The number of carbonyl (C=O) groups is 1. The molecule has 0 aliphatic heterocycles. The second kappa shape index (κ2) is 5.85. The molecule has 0 unspecified atom stereocenters. The predicted molar refractivity (Wildman–Crippen MR) is 84.8 cm³/mol. The van der Waals surface area contributed by atoms with E-state index in [0.29, 0.717) is 24.1 Å². The standard InChI is InChI=1S/C16H20N2O3S/c1-2-17-22(20,21)14-7-5-13(6-8-14)18-16(19)15-10-11-3-4-12(15)9-11/h3-8,11-12,15,17H,2,9-10H2,1H3,(H,18,19)/t11-,12-,15-/m1/s1. The average Bonchev–Trinajstić information content (AvgIpc) is 3.10. The number of nitrogens with one attached hydrogen (secondary N) is 2. The molecule has 1 aromatic carbocycles. The van der Waals surface area contributed by atoms with Crippen molar-refractivity contribution in [1.29, 1.82) is 0 Å². The molecule has 0 radical (unpaired) electrons. The lowest BCUT2D eigenvalue weighted by Crippen LogP contribution is -2.26. The molecule has 1 saturated carbocycles. The van der Waals surface area contributed by atoms with Crippen LogP contribution in [-0.4, -0.2) is 20.9 Å². The first-order chi connectivity index (χ1) is 10.5. The van der Waals surface area contributed by atoms with E-state index in [1.165, 1.54) is 12.1 Å². The van der Waals surface area contributed by atoms with Crippen LogP contribution in [0.3, 0.4) is 0 Å². The molecule has 6 heteroatoms. The van der Waals surface area contributed by atoms with Gasteiger partial charge in [0.1, 0.15) is 0 Å². The van der Waals surface area contributed by atoms with Crippen LogP contribution in [0.1, 0.15) is 19.8 Å². The van der Waals surface area contributed by atoms with Gasteiger partial charge in [-0.1, -0.05) is 19.1 Å². The lowest BCUT2D eigenvalue weighted by molar-refractivity contribution is -0.120. The minimum Gasteiger partial charge on any atom is -0.326 e. The Labute approximate surface area is 130 Å². The van der Waals surface area contributed by atoms with E-state index >= 15 is 0 Å². The highest BCUT2D eigenvalue weighted by molar-refractivity contribution is 7.89. The van der Waals surface area contributed by atoms with E-state index in [4.69, 9.17) is 0 Å². The molecule has 2 aliphatic carbocycles. The summed E-state index contributed by atoms with van der Waals surface area (Å²) in [5.74, 6) is 0.978. The van der Waals surface area contributed by atoms with E-state index in [-0.39, 0.29) is 16.7 Å². The van der Waals surface area contributed by atoms with E-state index in [1.54, 1.807) is 19.1 Å². The van der Waals surface area contributed by atoms with Crippen molar-refractivity contribution in [3.63, 3.8) is 0 Å². The van der Waals surface area contributed by atoms with Crippen LogP contribution in [0, 0.1) is 17.8 Å².